The molecule has 0 saturated heterocycles. The third-order valence-corrected chi connectivity index (χ3v) is 19.9. The van der Waals surface area contributed by atoms with Crippen molar-refractivity contribution in [2.75, 3.05) is 0 Å². The van der Waals surface area contributed by atoms with Gasteiger partial charge in [-0.2, -0.15) is 0 Å². The van der Waals surface area contributed by atoms with E-state index in [1.807, 2.05) is 36.4 Å². The first-order chi connectivity index (χ1) is 52.0. The summed E-state index contributed by atoms with van der Waals surface area (Å²) >= 11 is 0. The molecule has 0 saturated carbocycles. The van der Waals surface area contributed by atoms with Gasteiger partial charge in [0.05, 0.1) is 60.9 Å². The summed E-state index contributed by atoms with van der Waals surface area (Å²) in [5.41, 5.74) is 2.21. The van der Waals surface area contributed by atoms with Crippen molar-refractivity contribution < 1.29 is 44.9 Å². The summed E-state index contributed by atoms with van der Waals surface area (Å²) in [6.07, 6.45) is 4.75. The van der Waals surface area contributed by atoms with E-state index in [9.17, 15) is 20.6 Å². The van der Waals surface area contributed by atoms with E-state index in [4.69, 9.17) is 24.8 Å². The highest BCUT2D eigenvalue weighted by atomic mass is 28.3. The van der Waals surface area contributed by atoms with Crippen molar-refractivity contribution >= 4 is 61.7 Å². The number of aromatic nitrogens is 4. The Kier molecular flexibility index (Phi) is 8.38. The maximum Gasteiger partial charge on any atom is 0.269 e. The quantitative estimate of drug-likeness (QED) is 0.0560. The van der Waals surface area contributed by atoms with Crippen molar-refractivity contribution in [2.45, 2.75) is 92.3 Å². The van der Waals surface area contributed by atoms with Gasteiger partial charge in [0.2, 0.25) is 0 Å². The van der Waals surface area contributed by atoms with E-state index in [0.717, 1.165) is 28.1 Å². The molecule has 0 bridgehead atoms. The molecule has 13 rings (SSSR count). The van der Waals surface area contributed by atoms with Crippen LogP contribution in [-0.4, -0.2) is 22.2 Å². The van der Waals surface area contributed by atoms with Gasteiger partial charge in [0, 0.05) is 36.8 Å². The third kappa shape index (κ3) is 10.1. The number of pyridine rings is 1. The fourth-order valence-corrected chi connectivity index (χ4v) is 15.4. The van der Waals surface area contributed by atoms with Gasteiger partial charge in [-0.05, 0) is 138 Å². The number of fused-ring (bicyclic) bond motifs is 4. The maximum absolute atomic E-state index is 10.1. The van der Waals surface area contributed by atoms with Gasteiger partial charge < -0.3 is 4.74 Å². The number of rotatable bonds is 11. The van der Waals surface area contributed by atoms with E-state index in [1.54, 1.807) is 78.4 Å². The Hall–Kier alpha value is -9.36. The molecule has 6 heteroatoms. The molecule has 13 aromatic rings. The van der Waals surface area contributed by atoms with Gasteiger partial charge in [-0.25, -0.2) is 4.98 Å². The smallest absolute Gasteiger partial charge is 0.269 e. The second kappa shape index (κ2) is 21.6. The molecule has 10 aromatic carbocycles. The van der Waals surface area contributed by atoms with Crippen LogP contribution in [0, 0.1) is 20.0 Å². The van der Waals surface area contributed by atoms with E-state index >= 15 is 0 Å². The molecule has 5 nitrogen and oxygen atoms in total. The topological polar surface area (TPSA) is 35.9 Å². The number of benzene rings is 10. The fourth-order valence-electron chi connectivity index (χ4n) is 11.4. The summed E-state index contributed by atoms with van der Waals surface area (Å²) in [6.45, 7) is 11.8. The van der Waals surface area contributed by atoms with E-state index < -0.39 is 174 Å². The maximum atomic E-state index is 10.1. The molecule has 0 radical (unpaired) electrons. The van der Waals surface area contributed by atoms with Crippen molar-refractivity contribution in [3.05, 3.63) is 283 Å². The largest absolute Gasteiger partial charge is 0.458 e. The van der Waals surface area contributed by atoms with Crippen molar-refractivity contribution in [1.29, 1.82) is 0 Å². The SMILES string of the molecule is [2H]c1c([2H])c([2H])c(-c2cnc(-n3c4ccccc4c4ccc(Oc5cccc(-n6[c-][n+](-c7c(C(C)(C)C)cc(C([2H])([2H])[2H])cc7[Si](c7c([2H])c([2H])c([2H])c([2H])c7[2H])(c7c([2H])c([2H])c([2H])c([2H])c7[2H])c7c([2H])c([2H])c([2H])c([2H])c7[2H])c7ccc(-c8cc(C(C)(C)C)cc(C(C)(C)C)c8)cc76)c5)cc43)cc2C([2H])([2H])[2H])c([2H])c1[2H]. The predicted octanol–water partition coefficient (Wildman–Crippen LogP) is 17.2. The zero-order chi connectivity index (χ0) is 82.1. The fraction of sp³-hybridized carbons (Fsp3) is 0.175. The molecule has 0 atom stereocenters. The standard InChI is InChI=1S/C80H74N4OSi/c1-54-43-70(80(9,10)11)77(75(44-54)86(64-31-18-13-19-32-64,65-33-20-14-21-34-65)66-35-22-15-23-36-66)83-53-82(74-48-57(39-42-72(74)83)58-46-59(78(3,4)5)49-60(47-58)79(6,7)8)61-29-26-30-62(50-61)85-63-40-41-68-67-37-24-25-38-71(67)84(73(68)51-63)76-45-55(2)69(52-81-76)56-27-16-12-17-28-56/h12-52H,1-11H3/i1D3,2D3,12D,13D,14D,15D,16D,17D,18D,19D,20D,21D,22D,23D,27D,28D,31D,32D,33D,34D,35D,36D. The first kappa shape index (κ1) is 33.4. The number of hydrogen-bond acceptors (Lipinski definition) is 2. The van der Waals surface area contributed by atoms with Crippen LogP contribution in [0.1, 0.15) is 126 Å². The number of aryl methyl sites for hydroxylation is 2. The summed E-state index contributed by atoms with van der Waals surface area (Å²) in [7, 11) is -6.17. The number of nitrogens with zero attached hydrogens (tertiary/aromatic N) is 4. The normalized spacial score (nSPS) is 16.9. The summed E-state index contributed by atoms with van der Waals surface area (Å²) in [5, 5.41) is -1.49. The highest BCUT2D eigenvalue weighted by Gasteiger charge is 2.45. The Labute approximate surface area is 545 Å². The monoisotopic (exact) mass is 1160 g/mol. The second-order valence-electron chi connectivity index (χ2n) is 24.4. The van der Waals surface area contributed by atoms with Crippen molar-refractivity contribution in [2.24, 2.45) is 0 Å². The lowest BCUT2D eigenvalue weighted by Crippen LogP contribution is -2.76. The van der Waals surface area contributed by atoms with Crippen molar-refractivity contribution in [3.63, 3.8) is 0 Å². The summed E-state index contributed by atoms with van der Waals surface area (Å²) in [4.78, 5) is 4.74. The highest BCUT2D eigenvalue weighted by molar-refractivity contribution is 7.20. The van der Waals surface area contributed by atoms with Crippen LogP contribution in [0.4, 0.5) is 0 Å². The minimum absolute atomic E-state index is 0.107. The first-order valence-electron chi connectivity index (χ1n) is 41.0. The van der Waals surface area contributed by atoms with Crippen LogP contribution in [0.25, 0.3) is 72.3 Å². The van der Waals surface area contributed by atoms with Gasteiger partial charge in [-0.3, -0.25) is 13.7 Å². The summed E-state index contributed by atoms with van der Waals surface area (Å²) in [6, 6.07) is 16.7. The molecular weight excluding hydrogens is 1060 g/mol. The Morgan fingerprint density at radius 3 is 1.74 bits per heavy atom. The van der Waals surface area contributed by atoms with Gasteiger partial charge in [0.15, 0.2) is 8.07 Å². The van der Waals surface area contributed by atoms with E-state index in [0.29, 0.717) is 33.2 Å². The average molecular weight is 1160 g/mol. The van der Waals surface area contributed by atoms with Crippen LogP contribution in [-0.2, 0) is 16.2 Å². The van der Waals surface area contributed by atoms with E-state index in [1.165, 1.54) is 22.9 Å². The molecule has 0 aliphatic rings. The summed E-state index contributed by atoms with van der Waals surface area (Å²) in [5.74, 6) is 0.593. The Bertz CT molecular complexity index is 5860. The van der Waals surface area contributed by atoms with Crippen LogP contribution in [0.2, 0.25) is 0 Å². The molecule has 0 N–H and O–H groups in total. The molecule has 424 valence electrons. The van der Waals surface area contributed by atoms with Gasteiger partial charge in [0.25, 0.3) is 6.33 Å². The van der Waals surface area contributed by atoms with Crippen LogP contribution in [0.3, 0.4) is 0 Å². The molecule has 3 heterocycles. The van der Waals surface area contributed by atoms with Gasteiger partial charge in [0.1, 0.15) is 17.3 Å². The van der Waals surface area contributed by atoms with E-state index in [-0.39, 0.29) is 61.6 Å². The average Bonchev–Trinajstić information content (AvgIpc) is 0.777. The minimum Gasteiger partial charge on any atom is -0.458 e. The first-order valence-corrected chi connectivity index (χ1v) is 30.0. The number of ether oxygens (including phenoxy) is 1. The third-order valence-electron chi connectivity index (χ3n) is 15.7. The Balaban J connectivity index is 1.14. The van der Waals surface area contributed by atoms with Gasteiger partial charge >= 0.3 is 0 Å². The summed E-state index contributed by atoms with van der Waals surface area (Å²) < 4.78 is 252. The number of para-hydroxylation sites is 1. The van der Waals surface area contributed by atoms with Crippen LogP contribution in [0.15, 0.2) is 248 Å². The lowest BCUT2D eigenvalue weighted by atomic mass is 9.79. The number of hydrogen-bond donors (Lipinski definition) is 0. The number of imidazole rings is 1. The van der Waals surface area contributed by atoms with Gasteiger partial charge in [-0.1, -0.05) is 255 Å². The molecule has 0 unspecified atom stereocenters. The van der Waals surface area contributed by atoms with Crippen LogP contribution < -0.4 is 30.1 Å². The molecule has 0 fully saturated rings. The molecule has 86 heavy (non-hydrogen) atoms. The molecular formula is C80H74N4OSi. The highest BCUT2D eigenvalue weighted by Crippen LogP contribution is 2.39. The lowest BCUT2D eigenvalue weighted by molar-refractivity contribution is -0.572. The Morgan fingerprint density at radius 1 is 0.512 bits per heavy atom. The van der Waals surface area contributed by atoms with Gasteiger partial charge in [-0.15, -0.1) is 0 Å². The van der Waals surface area contributed by atoms with Crippen LogP contribution in [0.5, 0.6) is 11.5 Å². The minimum atomic E-state index is -6.17. The predicted molar refractivity (Wildman–Crippen MR) is 362 cm³/mol. The molecule has 0 aliphatic carbocycles. The molecule has 0 aliphatic heterocycles. The molecule has 0 spiro atoms. The van der Waals surface area contributed by atoms with Crippen LogP contribution >= 0.6 is 0 Å². The second-order valence-corrected chi connectivity index (χ2v) is 28.0. The van der Waals surface area contributed by atoms with Crippen molar-refractivity contribution in [3.8, 4) is 50.9 Å². The zero-order valence-corrected chi connectivity index (χ0v) is 49.8. The molecule has 0 amide bonds. The molecule has 3 aromatic heterocycles. The zero-order valence-electron chi connectivity index (χ0n) is 74.8. The van der Waals surface area contributed by atoms with E-state index in [2.05, 4.69) is 66.1 Å². The Morgan fingerprint density at radius 2 is 1.13 bits per heavy atom. The lowest BCUT2D eigenvalue weighted by Gasteiger charge is -2.38. The van der Waals surface area contributed by atoms with Crippen molar-refractivity contribution in [1.82, 2.24) is 14.1 Å².